The maximum absolute atomic E-state index is 12.3. The summed E-state index contributed by atoms with van der Waals surface area (Å²) in [5, 5.41) is 11.0. The lowest BCUT2D eigenvalue weighted by Crippen LogP contribution is -2.22. The fourth-order valence-electron chi connectivity index (χ4n) is 2.97. The van der Waals surface area contributed by atoms with Crippen LogP contribution in [0.5, 0.6) is 0 Å². The number of para-hydroxylation sites is 2. The largest absolute Gasteiger partial charge is 0.545 e. The van der Waals surface area contributed by atoms with Gasteiger partial charge >= 0.3 is 5.97 Å². The number of nitrogens with two attached hydrogens (primary N) is 1. The lowest BCUT2D eigenvalue weighted by Gasteiger charge is -2.09. The van der Waals surface area contributed by atoms with E-state index in [1.807, 2.05) is 12.1 Å². The van der Waals surface area contributed by atoms with Crippen LogP contribution in [0, 0.1) is 0 Å². The fraction of sp³-hybridized carbons (Fsp3) is 0.0526. The first-order valence-corrected chi connectivity index (χ1v) is 7.98. The third-order valence-electron chi connectivity index (χ3n) is 4.25. The van der Waals surface area contributed by atoms with E-state index >= 15 is 0 Å². The Balaban J connectivity index is 2.07. The van der Waals surface area contributed by atoms with Crippen LogP contribution in [0.25, 0.3) is 27.9 Å². The summed E-state index contributed by atoms with van der Waals surface area (Å²) < 4.78 is 6.39. The molecule has 0 spiro atoms. The number of carbonyl (C=O) groups is 2. The van der Waals surface area contributed by atoms with E-state index in [1.165, 1.54) is 19.2 Å². The Morgan fingerprint density at radius 1 is 1.04 bits per heavy atom. The number of benzene rings is 2. The minimum absolute atomic E-state index is 0.0264. The van der Waals surface area contributed by atoms with E-state index in [9.17, 15) is 14.7 Å². The highest BCUT2D eigenvalue weighted by atomic mass is 16.5. The van der Waals surface area contributed by atoms with E-state index in [0.717, 1.165) is 0 Å². The number of fused-ring (bicyclic) bond motifs is 2. The van der Waals surface area contributed by atoms with Crippen LogP contribution in [0.4, 0.5) is 5.82 Å². The Kier molecular flexibility index (Phi) is 3.73. The third kappa shape index (κ3) is 2.54. The van der Waals surface area contributed by atoms with Gasteiger partial charge < -0.3 is 20.4 Å². The summed E-state index contributed by atoms with van der Waals surface area (Å²) in [5.41, 5.74) is 8.82. The van der Waals surface area contributed by atoms with E-state index < -0.39 is 11.9 Å². The number of carboxylic acid groups (broad SMARTS) is 1. The molecule has 0 atom stereocenters. The second-order valence-corrected chi connectivity index (χ2v) is 5.81. The van der Waals surface area contributed by atoms with Crippen molar-refractivity contribution >= 4 is 40.0 Å². The second kappa shape index (κ2) is 6.10. The van der Waals surface area contributed by atoms with Crippen LogP contribution in [0.1, 0.15) is 20.7 Å². The number of methoxy groups -OCH3 is 1. The molecule has 0 radical (unpaired) electrons. The molecule has 2 aromatic carbocycles. The number of aromatic nitrogens is 3. The molecule has 4 aromatic rings. The van der Waals surface area contributed by atoms with Crippen LogP contribution in [-0.2, 0) is 4.74 Å². The fourth-order valence-corrected chi connectivity index (χ4v) is 2.97. The molecule has 8 nitrogen and oxygen atoms in total. The van der Waals surface area contributed by atoms with Gasteiger partial charge in [-0.2, -0.15) is 0 Å². The molecule has 4 rings (SSSR count). The Morgan fingerprint density at radius 2 is 1.67 bits per heavy atom. The predicted octanol–water partition coefficient (Wildman–Crippen LogP) is 1.31. The number of carboxylic acids is 1. The number of rotatable bonds is 3. The molecule has 0 bridgehead atoms. The minimum Gasteiger partial charge on any atom is -0.545 e. The van der Waals surface area contributed by atoms with Crippen molar-refractivity contribution in [2.75, 3.05) is 12.8 Å². The molecular formula is C19H13N4O4-. The molecule has 8 heteroatoms. The van der Waals surface area contributed by atoms with Crippen molar-refractivity contribution in [2.45, 2.75) is 0 Å². The number of nitrogen functional groups attached to an aromatic ring is 1. The molecule has 2 aromatic heterocycles. The van der Waals surface area contributed by atoms with Crippen LogP contribution in [0.3, 0.4) is 0 Å². The van der Waals surface area contributed by atoms with Gasteiger partial charge in [-0.25, -0.2) is 14.8 Å². The van der Waals surface area contributed by atoms with Crippen LogP contribution in [-0.4, -0.2) is 33.6 Å². The van der Waals surface area contributed by atoms with Crippen LogP contribution in [0.15, 0.2) is 48.5 Å². The summed E-state index contributed by atoms with van der Waals surface area (Å²) in [7, 11) is 1.26. The lowest BCUT2D eigenvalue weighted by atomic mass is 10.2. The summed E-state index contributed by atoms with van der Waals surface area (Å²) in [5.74, 6) is -1.81. The first-order valence-electron chi connectivity index (χ1n) is 7.98. The quantitative estimate of drug-likeness (QED) is 0.546. The Hall–Kier alpha value is -3.94. The molecule has 0 aliphatic carbocycles. The molecule has 0 saturated heterocycles. The highest BCUT2D eigenvalue weighted by Gasteiger charge is 2.25. The number of carbonyl (C=O) groups excluding carboxylic acids is 2. The van der Waals surface area contributed by atoms with Gasteiger partial charge in [0, 0.05) is 5.69 Å². The van der Waals surface area contributed by atoms with Gasteiger partial charge in [0.05, 0.1) is 24.1 Å². The number of hydrogen-bond acceptors (Lipinski definition) is 7. The minimum atomic E-state index is -1.28. The maximum Gasteiger partial charge on any atom is 0.343 e. The summed E-state index contributed by atoms with van der Waals surface area (Å²) in [6.45, 7) is 0. The normalized spacial score (nSPS) is 11.0. The van der Waals surface area contributed by atoms with E-state index in [-0.39, 0.29) is 16.9 Å². The van der Waals surface area contributed by atoms with Gasteiger partial charge in [-0.3, -0.25) is 4.57 Å². The molecular weight excluding hydrogens is 348 g/mol. The monoisotopic (exact) mass is 361 g/mol. The summed E-state index contributed by atoms with van der Waals surface area (Å²) in [6.07, 6.45) is 0. The lowest BCUT2D eigenvalue weighted by molar-refractivity contribution is -0.255. The molecule has 134 valence electrons. The maximum atomic E-state index is 12.3. The van der Waals surface area contributed by atoms with E-state index in [2.05, 4.69) is 9.97 Å². The SMILES string of the molecule is COC(=O)c1c(N)n(-c2ccc(C(=O)[O-])cc2)c2nc3ccccc3nc12. The van der Waals surface area contributed by atoms with Crippen molar-refractivity contribution < 1.29 is 19.4 Å². The average molecular weight is 361 g/mol. The zero-order chi connectivity index (χ0) is 19.1. The number of aromatic carboxylic acids is 1. The zero-order valence-corrected chi connectivity index (χ0v) is 14.2. The first-order chi connectivity index (χ1) is 13.0. The standard InChI is InChI=1S/C19H14N4O4/c1-27-19(26)14-15-17(22-13-5-3-2-4-12(13)21-15)23(16(14)20)11-8-6-10(7-9-11)18(24)25/h2-9H,20H2,1H3,(H,24,25)/p-1. The summed E-state index contributed by atoms with van der Waals surface area (Å²) in [4.78, 5) is 32.4. The van der Waals surface area contributed by atoms with E-state index in [0.29, 0.717) is 27.9 Å². The van der Waals surface area contributed by atoms with Crippen molar-refractivity contribution in [3.63, 3.8) is 0 Å². The summed E-state index contributed by atoms with van der Waals surface area (Å²) >= 11 is 0. The topological polar surface area (TPSA) is 123 Å². The molecule has 2 N–H and O–H groups in total. The second-order valence-electron chi connectivity index (χ2n) is 5.81. The van der Waals surface area contributed by atoms with Gasteiger partial charge in [-0.1, -0.05) is 24.3 Å². The number of anilines is 1. The highest BCUT2D eigenvalue weighted by molar-refractivity contribution is 6.09. The molecule has 0 fully saturated rings. The van der Waals surface area contributed by atoms with E-state index in [1.54, 1.807) is 28.8 Å². The van der Waals surface area contributed by atoms with Crippen molar-refractivity contribution in [2.24, 2.45) is 0 Å². The number of esters is 1. The van der Waals surface area contributed by atoms with Gasteiger partial charge in [0.1, 0.15) is 16.9 Å². The van der Waals surface area contributed by atoms with Crippen molar-refractivity contribution in [1.82, 2.24) is 14.5 Å². The van der Waals surface area contributed by atoms with E-state index in [4.69, 9.17) is 10.5 Å². The smallest absolute Gasteiger partial charge is 0.343 e. The molecule has 27 heavy (non-hydrogen) atoms. The average Bonchev–Trinajstić information content (AvgIpc) is 2.96. The molecule has 2 heterocycles. The van der Waals surface area contributed by atoms with Gasteiger partial charge in [0.2, 0.25) is 0 Å². The van der Waals surface area contributed by atoms with Gasteiger partial charge in [0.25, 0.3) is 0 Å². The molecule has 0 saturated carbocycles. The molecule has 0 aliphatic rings. The van der Waals surface area contributed by atoms with Crippen molar-refractivity contribution in [3.8, 4) is 5.69 Å². The first kappa shape index (κ1) is 16.5. The molecule has 0 aliphatic heterocycles. The Morgan fingerprint density at radius 3 is 2.26 bits per heavy atom. The van der Waals surface area contributed by atoms with Gasteiger partial charge in [-0.15, -0.1) is 0 Å². The number of ether oxygens (including phenoxy) is 1. The van der Waals surface area contributed by atoms with Gasteiger partial charge in [-0.05, 0) is 29.8 Å². The van der Waals surface area contributed by atoms with Crippen LogP contribution in [0.2, 0.25) is 0 Å². The summed E-state index contributed by atoms with van der Waals surface area (Å²) in [6, 6.07) is 13.1. The molecule has 0 unspecified atom stereocenters. The number of nitrogens with zero attached hydrogens (tertiary/aromatic N) is 3. The van der Waals surface area contributed by atoms with Gasteiger partial charge in [0.15, 0.2) is 5.65 Å². The Labute approximate surface area is 152 Å². The highest BCUT2D eigenvalue weighted by Crippen LogP contribution is 2.31. The zero-order valence-electron chi connectivity index (χ0n) is 14.2. The Bertz CT molecular complexity index is 1210. The number of hydrogen-bond donors (Lipinski definition) is 1. The third-order valence-corrected chi connectivity index (χ3v) is 4.25. The predicted molar refractivity (Wildman–Crippen MR) is 96.5 cm³/mol. The van der Waals surface area contributed by atoms with Crippen molar-refractivity contribution in [3.05, 3.63) is 59.7 Å². The van der Waals surface area contributed by atoms with Crippen LogP contribution >= 0.6 is 0 Å². The van der Waals surface area contributed by atoms with Crippen molar-refractivity contribution in [1.29, 1.82) is 0 Å². The molecule has 0 amide bonds. The van der Waals surface area contributed by atoms with Crippen LogP contribution < -0.4 is 10.8 Å².